The number of hydrogen-bond donors (Lipinski definition) is 1. The van der Waals surface area contributed by atoms with E-state index in [0.717, 1.165) is 6.20 Å². The summed E-state index contributed by atoms with van der Waals surface area (Å²) in [4.78, 5) is 13.4. The highest BCUT2D eigenvalue weighted by Gasteiger charge is 2.18. The Kier molecular flexibility index (Phi) is 1.42. The minimum Gasteiger partial charge on any atom is -0.499 e. The van der Waals surface area contributed by atoms with Gasteiger partial charge in [0.15, 0.2) is 0 Å². The summed E-state index contributed by atoms with van der Waals surface area (Å²) in [7, 11) is 0. The molecule has 6 heteroatoms. The molecule has 0 aromatic carbocycles. The lowest BCUT2D eigenvalue weighted by molar-refractivity contribution is -0.386. The second-order valence-corrected chi connectivity index (χ2v) is 2.38. The van der Waals surface area contributed by atoms with Gasteiger partial charge in [0, 0.05) is 6.07 Å². The lowest BCUT2D eigenvalue weighted by Gasteiger charge is -1.94. The summed E-state index contributed by atoms with van der Waals surface area (Å²) in [6, 6.07) is 1.51. The normalized spacial score (nSPS) is 10.5. The summed E-state index contributed by atoms with van der Waals surface area (Å²) in [6.45, 7) is 0. The van der Waals surface area contributed by atoms with E-state index in [1.807, 2.05) is 0 Å². The Hall–Kier alpha value is -2.11. The van der Waals surface area contributed by atoms with Crippen molar-refractivity contribution in [3.63, 3.8) is 0 Å². The molecule has 0 saturated carbocycles. The van der Waals surface area contributed by atoms with Gasteiger partial charge in [0.05, 0.1) is 11.2 Å². The van der Waals surface area contributed by atoms with E-state index in [-0.39, 0.29) is 5.58 Å². The maximum Gasteiger partial charge on any atom is 0.332 e. The zero-order valence-electron chi connectivity index (χ0n) is 6.30. The topological polar surface area (TPSA) is 89.4 Å². The van der Waals surface area contributed by atoms with Gasteiger partial charge in [-0.25, -0.2) is 4.98 Å². The number of hydrogen-bond acceptors (Lipinski definition) is 5. The maximum absolute atomic E-state index is 10.4. The summed E-state index contributed by atoms with van der Waals surface area (Å²) in [5, 5.41) is 19.7. The third-order valence-corrected chi connectivity index (χ3v) is 1.62. The Labute approximate surface area is 71.6 Å². The van der Waals surface area contributed by atoms with Gasteiger partial charge in [-0.05, 0) is 0 Å². The predicted octanol–water partition coefficient (Wildman–Crippen LogP) is 1.44. The molecule has 0 aliphatic carbocycles. The first-order valence-corrected chi connectivity index (χ1v) is 3.39. The molecule has 0 unspecified atom stereocenters. The summed E-state index contributed by atoms with van der Waals surface area (Å²) in [6.07, 6.45) is 2.30. The Balaban J connectivity index is 2.80. The van der Waals surface area contributed by atoms with Gasteiger partial charge in [-0.2, -0.15) is 0 Å². The van der Waals surface area contributed by atoms with E-state index in [4.69, 9.17) is 4.42 Å². The van der Waals surface area contributed by atoms with Crippen molar-refractivity contribution in [1.29, 1.82) is 0 Å². The van der Waals surface area contributed by atoms with Gasteiger partial charge >= 0.3 is 5.69 Å². The number of rotatable bonds is 1. The molecule has 1 N–H and O–H groups in total. The first-order chi connectivity index (χ1) is 6.20. The van der Waals surface area contributed by atoms with E-state index in [0.29, 0.717) is 5.52 Å². The van der Waals surface area contributed by atoms with Gasteiger partial charge in [-0.1, -0.05) is 0 Å². The highest BCUT2D eigenvalue weighted by Crippen LogP contribution is 2.32. The average molecular weight is 180 g/mol. The third kappa shape index (κ3) is 0.994. The maximum atomic E-state index is 10.4. The van der Waals surface area contributed by atoms with Crippen LogP contribution in [0.4, 0.5) is 5.69 Å². The zero-order valence-corrected chi connectivity index (χ0v) is 6.30. The lowest BCUT2D eigenvalue weighted by Crippen LogP contribution is -1.89. The molecule has 2 aromatic heterocycles. The fourth-order valence-corrected chi connectivity index (χ4v) is 1.02. The fraction of sp³-hybridized carbons (Fsp3) is 0. The van der Waals surface area contributed by atoms with Crippen molar-refractivity contribution in [1.82, 2.24) is 4.98 Å². The summed E-state index contributed by atoms with van der Waals surface area (Å²) in [5.74, 6) is -0.486. The quantitative estimate of drug-likeness (QED) is 0.529. The number of aromatic hydroxyl groups is 1. The number of aromatic nitrogens is 1. The standard InChI is InChI=1S/C7H4N2O4/c10-6-5(9(11)12)3-8-4-1-2-13-7(4)6/h1-3H,(H,8,10). The van der Waals surface area contributed by atoms with Crippen molar-refractivity contribution < 1.29 is 14.4 Å². The summed E-state index contributed by atoms with van der Waals surface area (Å²) < 4.78 is 4.82. The second-order valence-electron chi connectivity index (χ2n) is 2.38. The van der Waals surface area contributed by atoms with Gasteiger partial charge in [0.25, 0.3) is 0 Å². The van der Waals surface area contributed by atoms with Crippen LogP contribution >= 0.6 is 0 Å². The molecule has 0 amide bonds. The van der Waals surface area contributed by atoms with Crippen LogP contribution in [0.2, 0.25) is 0 Å². The largest absolute Gasteiger partial charge is 0.499 e. The molecule has 13 heavy (non-hydrogen) atoms. The molecule has 0 radical (unpaired) electrons. The molecule has 6 nitrogen and oxygen atoms in total. The predicted molar refractivity (Wildman–Crippen MR) is 42.3 cm³/mol. The summed E-state index contributed by atoms with van der Waals surface area (Å²) in [5.41, 5.74) is -0.0280. The molecule has 2 heterocycles. The lowest BCUT2D eigenvalue weighted by atomic mass is 10.3. The highest BCUT2D eigenvalue weighted by atomic mass is 16.6. The van der Waals surface area contributed by atoms with Gasteiger partial charge in [-0.15, -0.1) is 0 Å². The molecule has 2 rings (SSSR count). The first-order valence-electron chi connectivity index (χ1n) is 3.39. The minimum atomic E-state index is -0.718. The smallest absolute Gasteiger partial charge is 0.332 e. The number of pyridine rings is 1. The van der Waals surface area contributed by atoms with Crippen LogP contribution in [-0.4, -0.2) is 15.0 Å². The molecular weight excluding hydrogens is 176 g/mol. The van der Waals surface area contributed by atoms with Crippen LogP contribution in [0.3, 0.4) is 0 Å². The Bertz CT molecular complexity index is 476. The van der Waals surface area contributed by atoms with Gasteiger partial charge in [-0.3, -0.25) is 10.1 Å². The fourth-order valence-electron chi connectivity index (χ4n) is 1.02. The molecular formula is C7H4N2O4. The van der Waals surface area contributed by atoms with E-state index in [1.165, 1.54) is 12.3 Å². The van der Waals surface area contributed by atoms with Crippen molar-refractivity contribution in [2.45, 2.75) is 0 Å². The number of furan rings is 1. The molecule has 0 saturated heterocycles. The molecule has 66 valence electrons. The zero-order chi connectivity index (χ0) is 9.42. The van der Waals surface area contributed by atoms with Crippen LogP contribution in [0.5, 0.6) is 5.75 Å². The van der Waals surface area contributed by atoms with E-state index >= 15 is 0 Å². The Morgan fingerprint density at radius 2 is 2.38 bits per heavy atom. The van der Waals surface area contributed by atoms with Crippen LogP contribution in [0.15, 0.2) is 22.9 Å². The molecule has 0 aliphatic rings. The molecule has 0 fully saturated rings. The number of nitrogens with zero attached hydrogens (tertiary/aromatic N) is 2. The van der Waals surface area contributed by atoms with Crippen LogP contribution in [0.1, 0.15) is 0 Å². The van der Waals surface area contributed by atoms with Crippen molar-refractivity contribution in [2.24, 2.45) is 0 Å². The molecule has 0 atom stereocenters. The van der Waals surface area contributed by atoms with Gasteiger partial charge in [0.1, 0.15) is 11.7 Å². The molecule has 0 aliphatic heterocycles. The highest BCUT2D eigenvalue weighted by molar-refractivity contribution is 5.82. The minimum absolute atomic E-state index is 0.0363. The molecule has 0 spiro atoms. The van der Waals surface area contributed by atoms with Crippen LogP contribution in [-0.2, 0) is 0 Å². The Morgan fingerprint density at radius 3 is 3.08 bits per heavy atom. The van der Waals surface area contributed by atoms with Crippen LogP contribution in [0, 0.1) is 10.1 Å². The average Bonchev–Trinajstić information content (AvgIpc) is 2.52. The van der Waals surface area contributed by atoms with E-state index < -0.39 is 16.4 Å². The van der Waals surface area contributed by atoms with Crippen molar-refractivity contribution in [3.05, 3.63) is 28.6 Å². The van der Waals surface area contributed by atoms with Crippen LogP contribution < -0.4 is 0 Å². The Morgan fingerprint density at radius 1 is 1.62 bits per heavy atom. The second kappa shape index (κ2) is 2.44. The van der Waals surface area contributed by atoms with E-state index in [1.54, 1.807) is 0 Å². The van der Waals surface area contributed by atoms with Gasteiger partial charge in [0.2, 0.25) is 11.3 Å². The van der Waals surface area contributed by atoms with Crippen molar-refractivity contribution in [2.75, 3.05) is 0 Å². The SMILES string of the molecule is O=[N+]([O-])c1cnc2ccoc2c1O. The van der Waals surface area contributed by atoms with Crippen LogP contribution in [0.25, 0.3) is 11.1 Å². The molecule has 0 bridgehead atoms. The van der Waals surface area contributed by atoms with Crippen molar-refractivity contribution >= 4 is 16.8 Å². The van der Waals surface area contributed by atoms with Crippen molar-refractivity contribution in [3.8, 4) is 5.75 Å². The molecule has 2 aromatic rings. The number of fused-ring (bicyclic) bond motifs is 1. The first kappa shape index (κ1) is 7.53. The van der Waals surface area contributed by atoms with E-state index in [2.05, 4.69) is 4.98 Å². The summed E-state index contributed by atoms with van der Waals surface area (Å²) >= 11 is 0. The van der Waals surface area contributed by atoms with Gasteiger partial charge < -0.3 is 9.52 Å². The third-order valence-electron chi connectivity index (χ3n) is 1.62. The number of nitro groups is 1. The van der Waals surface area contributed by atoms with E-state index in [9.17, 15) is 15.2 Å². The monoisotopic (exact) mass is 180 g/mol.